The van der Waals surface area contributed by atoms with Gasteiger partial charge in [0.05, 0.1) is 21.4 Å². The molecule has 108 valence electrons. The van der Waals surface area contributed by atoms with Gasteiger partial charge in [-0.25, -0.2) is 0 Å². The summed E-state index contributed by atoms with van der Waals surface area (Å²) in [6, 6.07) is 10.4. The first kappa shape index (κ1) is 13.8. The van der Waals surface area contributed by atoms with Crippen molar-refractivity contribution in [2.75, 3.05) is 23.8 Å². The molecule has 1 aliphatic rings. The molecule has 3 N–H and O–H groups in total. The van der Waals surface area contributed by atoms with E-state index >= 15 is 0 Å². The maximum atomic E-state index is 12.4. The highest BCUT2D eigenvalue weighted by molar-refractivity contribution is 9.10. The standard InChI is InChI=1S/C15H13BrN2O3/c16-10-4-2-5-11(13(10)19)18-15(20)9-3-1-6-12-14(9)21-8-7-17-12/h1-6,17,19H,7-8H2,(H,18,20). The van der Waals surface area contributed by atoms with Gasteiger partial charge in [0.15, 0.2) is 11.5 Å². The molecule has 3 rings (SSSR count). The third kappa shape index (κ3) is 2.67. The monoisotopic (exact) mass is 348 g/mol. The molecule has 0 spiro atoms. The second-order valence-corrected chi connectivity index (χ2v) is 5.40. The molecule has 1 aliphatic heterocycles. The van der Waals surface area contributed by atoms with E-state index in [-0.39, 0.29) is 11.7 Å². The summed E-state index contributed by atoms with van der Waals surface area (Å²) in [6.45, 7) is 1.23. The van der Waals surface area contributed by atoms with Gasteiger partial charge in [0, 0.05) is 6.54 Å². The summed E-state index contributed by atoms with van der Waals surface area (Å²) in [5, 5.41) is 15.8. The lowest BCUT2D eigenvalue weighted by molar-refractivity contribution is 0.102. The summed E-state index contributed by atoms with van der Waals surface area (Å²) < 4.78 is 6.09. The Morgan fingerprint density at radius 1 is 1.29 bits per heavy atom. The topological polar surface area (TPSA) is 70.6 Å². The number of rotatable bonds is 2. The highest BCUT2D eigenvalue weighted by atomic mass is 79.9. The summed E-state index contributed by atoms with van der Waals surface area (Å²) in [4.78, 5) is 12.4. The first-order chi connectivity index (χ1) is 10.2. The Kier molecular flexibility index (Phi) is 3.70. The van der Waals surface area contributed by atoms with Gasteiger partial charge in [-0.3, -0.25) is 4.79 Å². The molecule has 0 aliphatic carbocycles. The van der Waals surface area contributed by atoms with E-state index in [9.17, 15) is 9.90 Å². The number of nitrogens with one attached hydrogen (secondary N) is 2. The van der Waals surface area contributed by atoms with Gasteiger partial charge in [-0.1, -0.05) is 12.1 Å². The number of phenolic OH excluding ortho intramolecular Hbond substituents is 1. The van der Waals surface area contributed by atoms with Crippen LogP contribution in [0.3, 0.4) is 0 Å². The fourth-order valence-corrected chi connectivity index (χ4v) is 2.52. The fraction of sp³-hybridized carbons (Fsp3) is 0.133. The molecule has 0 unspecified atom stereocenters. The van der Waals surface area contributed by atoms with Crippen molar-refractivity contribution in [3.05, 3.63) is 46.4 Å². The zero-order valence-corrected chi connectivity index (χ0v) is 12.6. The van der Waals surface area contributed by atoms with Crippen molar-refractivity contribution in [2.24, 2.45) is 0 Å². The predicted octanol–water partition coefficient (Wildman–Crippen LogP) is 3.21. The average Bonchev–Trinajstić information content (AvgIpc) is 2.51. The van der Waals surface area contributed by atoms with Crippen LogP contribution in [-0.4, -0.2) is 24.2 Å². The van der Waals surface area contributed by atoms with Gasteiger partial charge in [-0.15, -0.1) is 0 Å². The van der Waals surface area contributed by atoms with Crippen LogP contribution >= 0.6 is 15.9 Å². The van der Waals surface area contributed by atoms with Gasteiger partial charge in [-0.2, -0.15) is 0 Å². The quantitative estimate of drug-likeness (QED) is 0.728. The van der Waals surface area contributed by atoms with Crippen LogP contribution in [0.2, 0.25) is 0 Å². The number of phenols is 1. The van der Waals surface area contributed by atoms with Crippen LogP contribution in [-0.2, 0) is 0 Å². The van der Waals surface area contributed by atoms with E-state index in [1.807, 2.05) is 6.07 Å². The zero-order chi connectivity index (χ0) is 14.8. The first-order valence-electron chi connectivity index (χ1n) is 6.45. The van der Waals surface area contributed by atoms with Crippen molar-refractivity contribution in [2.45, 2.75) is 0 Å². The Balaban J connectivity index is 1.91. The second-order valence-electron chi connectivity index (χ2n) is 4.55. The van der Waals surface area contributed by atoms with Crippen LogP contribution in [0.5, 0.6) is 11.5 Å². The summed E-state index contributed by atoms with van der Waals surface area (Å²) in [5.41, 5.74) is 1.57. The van der Waals surface area contributed by atoms with Gasteiger partial charge in [0.1, 0.15) is 6.61 Å². The molecule has 0 radical (unpaired) electrons. The minimum Gasteiger partial charge on any atom is -0.505 e. The van der Waals surface area contributed by atoms with Crippen LogP contribution in [0.25, 0.3) is 0 Å². The van der Waals surface area contributed by atoms with Crippen molar-refractivity contribution in [1.82, 2.24) is 0 Å². The summed E-state index contributed by atoms with van der Waals surface area (Å²) in [6.07, 6.45) is 0. The number of ether oxygens (including phenoxy) is 1. The lowest BCUT2D eigenvalue weighted by Crippen LogP contribution is -2.21. The Labute approximate surface area is 130 Å². The van der Waals surface area contributed by atoms with Crippen LogP contribution < -0.4 is 15.4 Å². The van der Waals surface area contributed by atoms with Crippen LogP contribution in [0, 0.1) is 0 Å². The molecule has 5 nitrogen and oxygen atoms in total. The average molecular weight is 349 g/mol. The number of carbonyl (C=O) groups is 1. The molecule has 1 amide bonds. The normalized spacial score (nSPS) is 12.8. The fourth-order valence-electron chi connectivity index (χ4n) is 2.16. The molecular formula is C15H13BrN2O3. The Hall–Kier alpha value is -2.21. The molecule has 2 aromatic carbocycles. The number of carbonyl (C=O) groups excluding carboxylic acids is 1. The SMILES string of the molecule is O=C(Nc1cccc(Br)c1O)c1cccc2c1OCCN2. The second kappa shape index (κ2) is 5.65. The smallest absolute Gasteiger partial charge is 0.259 e. The lowest BCUT2D eigenvalue weighted by Gasteiger charge is -2.21. The van der Waals surface area contributed by atoms with E-state index in [2.05, 4.69) is 26.6 Å². The van der Waals surface area contributed by atoms with Crippen molar-refractivity contribution >= 4 is 33.2 Å². The van der Waals surface area contributed by atoms with E-state index < -0.39 is 0 Å². The molecule has 6 heteroatoms. The summed E-state index contributed by atoms with van der Waals surface area (Å²) in [5.74, 6) is 0.203. The van der Waals surface area contributed by atoms with Gasteiger partial charge in [0.2, 0.25) is 0 Å². The van der Waals surface area contributed by atoms with Gasteiger partial charge in [0.25, 0.3) is 5.91 Å². The van der Waals surface area contributed by atoms with Gasteiger partial charge in [-0.05, 0) is 40.2 Å². The molecular weight excluding hydrogens is 336 g/mol. The van der Waals surface area contributed by atoms with E-state index in [0.717, 1.165) is 5.69 Å². The van der Waals surface area contributed by atoms with Crippen LogP contribution in [0.4, 0.5) is 11.4 Å². The largest absolute Gasteiger partial charge is 0.505 e. The number of halogens is 1. The number of amides is 1. The minimum absolute atomic E-state index is 0.00491. The summed E-state index contributed by atoms with van der Waals surface area (Å²) >= 11 is 3.22. The van der Waals surface area contributed by atoms with E-state index in [4.69, 9.17) is 4.74 Å². The van der Waals surface area contributed by atoms with Gasteiger partial charge < -0.3 is 20.5 Å². The molecule has 1 heterocycles. The maximum absolute atomic E-state index is 12.4. The Morgan fingerprint density at radius 3 is 2.95 bits per heavy atom. The Morgan fingerprint density at radius 2 is 2.10 bits per heavy atom. The number of hydrogen-bond donors (Lipinski definition) is 3. The molecule has 0 aromatic heterocycles. The number of anilines is 2. The minimum atomic E-state index is -0.330. The first-order valence-corrected chi connectivity index (χ1v) is 7.24. The lowest BCUT2D eigenvalue weighted by atomic mass is 10.1. The molecule has 21 heavy (non-hydrogen) atoms. The predicted molar refractivity (Wildman–Crippen MR) is 84.2 cm³/mol. The molecule has 2 aromatic rings. The highest BCUT2D eigenvalue weighted by Gasteiger charge is 2.20. The van der Waals surface area contributed by atoms with Crippen LogP contribution in [0.1, 0.15) is 10.4 Å². The highest BCUT2D eigenvalue weighted by Crippen LogP contribution is 2.34. The van der Waals surface area contributed by atoms with Crippen molar-refractivity contribution in [3.63, 3.8) is 0 Å². The van der Waals surface area contributed by atoms with E-state index in [0.29, 0.717) is 34.6 Å². The van der Waals surface area contributed by atoms with E-state index in [1.54, 1.807) is 30.3 Å². The molecule has 0 bridgehead atoms. The number of benzene rings is 2. The summed E-state index contributed by atoms with van der Waals surface area (Å²) in [7, 11) is 0. The van der Waals surface area contributed by atoms with E-state index in [1.165, 1.54) is 0 Å². The molecule has 0 saturated carbocycles. The number of hydrogen-bond acceptors (Lipinski definition) is 4. The number of aromatic hydroxyl groups is 1. The van der Waals surface area contributed by atoms with Crippen molar-refractivity contribution < 1.29 is 14.6 Å². The number of fused-ring (bicyclic) bond motifs is 1. The molecule has 0 saturated heterocycles. The zero-order valence-electron chi connectivity index (χ0n) is 11.0. The maximum Gasteiger partial charge on any atom is 0.259 e. The number of para-hydroxylation sites is 2. The molecule has 0 fully saturated rings. The Bertz CT molecular complexity index is 703. The van der Waals surface area contributed by atoms with Crippen molar-refractivity contribution in [1.29, 1.82) is 0 Å². The van der Waals surface area contributed by atoms with Crippen LogP contribution in [0.15, 0.2) is 40.9 Å². The third-order valence-corrected chi connectivity index (χ3v) is 3.80. The third-order valence-electron chi connectivity index (χ3n) is 3.16. The van der Waals surface area contributed by atoms with Gasteiger partial charge >= 0.3 is 0 Å². The molecule has 0 atom stereocenters. The van der Waals surface area contributed by atoms with Crippen molar-refractivity contribution in [3.8, 4) is 11.5 Å².